The number of phenolic OH excluding ortho intramolecular Hbond substituents is 1. The summed E-state index contributed by atoms with van der Waals surface area (Å²) in [5.74, 6) is 0.261. The van der Waals surface area contributed by atoms with Gasteiger partial charge >= 0.3 is 0 Å². The maximum Gasteiger partial charge on any atom is 0.131 e. The van der Waals surface area contributed by atoms with Gasteiger partial charge in [-0.3, -0.25) is 4.90 Å². The molecule has 1 fully saturated rings. The van der Waals surface area contributed by atoms with Gasteiger partial charge in [0.2, 0.25) is 0 Å². The fourth-order valence-corrected chi connectivity index (χ4v) is 3.31. The fraction of sp³-hybridized carbons (Fsp3) is 0.647. The fourth-order valence-electron chi connectivity index (χ4n) is 3.31. The van der Waals surface area contributed by atoms with E-state index in [1.54, 1.807) is 12.1 Å². The molecule has 112 valence electrons. The van der Waals surface area contributed by atoms with Crippen molar-refractivity contribution in [2.75, 3.05) is 6.54 Å². The number of hydrogen-bond donors (Lipinski definition) is 1. The lowest BCUT2D eigenvalue weighted by Crippen LogP contribution is -2.38. The number of rotatable bonds is 5. The van der Waals surface area contributed by atoms with E-state index < -0.39 is 0 Å². The molecule has 1 aliphatic rings. The lowest BCUT2D eigenvalue weighted by molar-refractivity contribution is 0.125. The third kappa shape index (κ3) is 3.51. The first-order valence-corrected chi connectivity index (χ1v) is 7.73. The van der Waals surface area contributed by atoms with Crippen molar-refractivity contribution in [3.8, 4) is 5.75 Å². The predicted octanol–water partition coefficient (Wildman–Crippen LogP) is 4.49. The standard InChI is InChI=1S/C17H26FNO/c1-12(2)11-19(14-6-4-5-7-14)13(3)16-9-8-15(20)10-17(16)18/h8-10,12-14,20H,4-7,11H2,1-3H3. The van der Waals surface area contributed by atoms with Crippen LogP contribution < -0.4 is 0 Å². The van der Waals surface area contributed by atoms with Gasteiger partial charge in [-0.15, -0.1) is 0 Å². The Morgan fingerprint density at radius 1 is 1.25 bits per heavy atom. The number of hydrogen-bond acceptors (Lipinski definition) is 2. The van der Waals surface area contributed by atoms with Crippen molar-refractivity contribution in [1.29, 1.82) is 0 Å². The van der Waals surface area contributed by atoms with E-state index in [0.717, 1.165) is 6.54 Å². The summed E-state index contributed by atoms with van der Waals surface area (Å²) >= 11 is 0. The molecule has 2 rings (SSSR count). The Bertz CT molecular complexity index is 441. The van der Waals surface area contributed by atoms with Gasteiger partial charge in [-0.2, -0.15) is 0 Å². The van der Waals surface area contributed by atoms with Crippen molar-refractivity contribution in [2.24, 2.45) is 5.92 Å². The first-order valence-electron chi connectivity index (χ1n) is 7.73. The van der Waals surface area contributed by atoms with Crippen molar-refractivity contribution in [3.05, 3.63) is 29.6 Å². The molecular formula is C17H26FNO. The van der Waals surface area contributed by atoms with E-state index >= 15 is 0 Å². The second-order valence-electron chi connectivity index (χ2n) is 6.41. The molecule has 0 saturated heterocycles. The molecule has 1 atom stereocenters. The topological polar surface area (TPSA) is 23.5 Å². The second-order valence-corrected chi connectivity index (χ2v) is 6.41. The van der Waals surface area contributed by atoms with Gasteiger partial charge in [-0.1, -0.05) is 32.8 Å². The van der Waals surface area contributed by atoms with Gasteiger partial charge in [0.05, 0.1) is 0 Å². The zero-order chi connectivity index (χ0) is 14.7. The van der Waals surface area contributed by atoms with Crippen LogP contribution in [0.4, 0.5) is 4.39 Å². The molecule has 2 nitrogen and oxygen atoms in total. The molecule has 0 amide bonds. The first kappa shape index (κ1) is 15.3. The lowest BCUT2D eigenvalue weighted by atomic mass is 10.0. The molecule has 0 aliphatic heterocycles. The summed E-state index contributed by atoms with van der Waals surface area (Å²) in [6, 6.07) is 5.14. The normalized spacial score (nSPS) is 18.1. The van der Waals surface area contributed by atoms with Gasteiger partial charge in [0.1, 0.15) is 11.6 Å². The molecule has 0 aromatic heterocycles. The summed E-state index contributed by atoms with van der Waals surface area (Å²) in [6.07, 6.45) is 5.00. The largest absolute Gasteiger partial charge is 0.508 e. The third-order valence-corrected chi connectivity index (χ3v) is 4.30. The zero-order valence-electron chi connectivity index (χ0n) is 12.8. The van der Waals surface area contributed by atoms with E-state index in [-0.39, 0.29) is 17.6 Å². The minimum Gasteiger partial charge on any atom is -0.508 e. The van der Waals surface area contributed by atoms with Crippen molar-refractivity contribution >= 4 is 0 Å². The Hall–Kier alpha value is -1.09. The Morgan fingerprint density at radius 3 is 2.45 bits per heavy atom. The van der Waals surface area contributed by atoms with Gasteiger partial charge < -0.3 is 5.11 Å². The molecular weight excluding hydrogens is 253 g/mol. The van der Waals surface area contributed by atoms with Crippen LogP contribution in [0.5, 0.6) is 5.75 Å². The van der Waals surface area contributed by atoms with Crippen LogP contribution in [0.15, 0.2) is 18.2 Å². The summed E-state index contributed by atoms with van der Waals surface area (Å²) in [7, 11) is 0. The molecule has 1 aromatic rings. The molecule has 1 aliphatic carbocycles. The highest BCUT2D eigenvalue weighted by atomic mass is 19.1. The number of nitrogens with zero attached hydrogens (tertiary/aromatic N) is 1. The molecule has 0 bridgehead atoms. The molecule has 0 heterocycles. The highest BCUT2D eigenvalue weighted by molar-refractivity contribution is 5.29. The minimum absolute atomic E-state index is 0.00488. The maximum absolute atomic E-state index is 14.1. The molecule has 1 aromatic carbocycles. The van der Waals surface area contributed by atoms with Gasteiger partial charge in [-0.25, -0.2) is 4.39 Å². The van der Waals surface area contributed by atoms with Gasteiger partial charge in [0, 0.05) is 30.3 Å². The number of benzene rings is 1. The average molecular weight is 279 g/mol. The third-order valence-electron chi connectivity index (χ3n) is 4.30. The summed E-state index contributed by atoms with van der Waals surface area (Å²) < 4.78 is 14.1. The average Bonchev–Trinajstić information content (AvgIpc) is 2.88. The van der Waals surface area contributed by atoms with E-state index in [1.165, 1.54) is 31.7 Å². The quantitative estimate of drug-likeness (QED) is 0.858. The SMILES string of the molecule is CC(C)CN(C1CCCC1)C(C)c1ccc(O)cc1F. The van der Waals surface area contributed by atoms with Crippen molar-refractivity contribution in [2.45, 2.75) is 58.5 Å². The predicted molar refractivity (Wildman–Crippen MR) is 80.3 cm³/mol. The summed E-state index contributed by atoms with van der Waals surface area (Å²) in [5.41, 5.74) is 0.690. The molecule has 1 unspecified atom stereocenters. The van der Waals surface area contributed by atoms with Gasteiger partial charge in [0.25, 0.3) is 0 Å². The Morgan fingerprint density at radius 2 is 1.90 bits per heavy atom. The van der Waals surface area contributed by atoms with Crippen molar-refractivity contribution < 1.29 is 9.50 Å². The highest BCUT2D eigenvalue weighted by Crippen LogP contribution is 2.33. The summed E-state index contributed by atoms with van der Waals surface area (Å²) in [5, 5.41) is 9.36. The molecule has 20 heavy (non-hydrogen) atoms. The zero-order valence-corrected chi connectivity index (χ0v) is 12.8. The van der Waals surface area contributed by atoms with E-state index in [2.05, 4.69) is 25.7 Å². The Labute approximate surface area is 121 Å². The van der Waals surface area contributed by atoms with Gasteiger partial charge in [0.15, 0.2) is 0 Å². The van der Waals surface area contributed by atoms with Crippen LogP contribution in [0.1, 0.15) is 58.1 Å². The van der Waals surface area contributed by atoms with Gasteiger partial charge in [-0.05, 0) is 31.7 Å². The molecule has 3 heteroatoms. The molecule has 1 N–H and O–H groups in total. The van der Waals surface area contributed by atoms with Crippen molar-refractivity contribution in [1.82, 2.24) is 4.90 Å². The summed E-state index contributed by atoms with van der Waals surface area (Å²) in [6.45, 7) is 7.49. The molecule has 0 radical (unpaired) electrons. The molecule has 0 spiro atoms. The Kier molecular flexibility index (Phi) is 5.03. The van der Waals surface area contributed by atoms with E-state index in [9.17, 15) is 9.50 Å². The first-order chi connectivity index (χ1) is 9.49. The van der Waals surface area contributed by atoms with Crippen LogP contribution >= 0.6 is 0 Å². The lowest BCUT2D eigenvalue weighted by Gasteiger charge is -2.36. The van der Waals surface area contributed by atoms with E-state index in [4.69, 9.17) is 0 Å². The van der Waals surface area contributed by atoms with E-state index in [1.807, 2.05) is 0 Å². The second kappa shape index (κ2) is 6.57. The van der Waals surface area contributed by atoms with Crippen molar-refractivity contribution in [3.63, 3.8) is 0 Å². The summed E-state index contributed by atoms with van der Waals surface area (Å²) in [4.78, 5) is 2.45. The smallest absolute Gasteiger partial charge is 0.131 e. The van der Waals surface area contributed by atoms with Crippen LogP contribution in [0.2, 0.25) is 0 Å². The number of aromatic hydroxyl groups is 1. The number of phenols is 1. The highest BCUT2D eigenvalue weighted by Gasteiger charge is 2.28. The minimum atomic E-state index is -0.302. The maximum atomic E-state index is 14.1. The van der Waals surface area contributed by atoms with Crippen LogP contribution in [0.3, 0.4) is 0 Å². The number of halogens is 1. The Balaban J connectivity index is 2.22. The van der Waals surface area contributed by atoms with Crippen LogP contribution in [0, 0.1) is 11.7 Å². The van der Waals surface area contributed by atoms with E-state index in [0.29, 0.717) is 17.5 Å². The molecule has 1 saturated carbocycles. The monoisotopic (exact) mass is 279 g/mol. The van der Waals surface area contributed by atoms with Crippen LogP contribution in [-0.4, -0.2) is 22.6 Å². The van der Waals surface area contributed by atoms with Crippen LogP contribution in [0.25, 0.3) is 0 Å². The van der Waals surface area contributed by atoms with Crippen LogP contribution in [-0.2, 0) is 0 Å².